The second-order valence-electron chi connectivity index (χ2n) is 19.2. The fourth-order valence-electron chi connectivity index (χ4n) is 7.59. The smallest absolute Gasteiger partial charge is 0.228 e. The van der Waals surface area contributed by atoms with Gasteiger partial charge in [0.2, 0.25) is 17.6 Å². The van der Waals surface area contributed by atoms with Crippen LogP contribution in [-0.4, -0.2) is 75.9 Å². The van der Waals surface area contributed by atoms with Crippen LogP contribution in [0.3, 0.4) is 0 Å². The Morgan fingerprint density at radius 2 is 1.01 bits per heavy atom. The Balaban J connectivity index is 0.000000211. The van der Waals surface area contributed by atoms with Crippen molar-refractivity contribution in [2.45, 2.75) is 101 Å². The molecule has 14 nitrogen and oxygen atoms in total. The van der Waals surface area contributed by atoms with Crippen LogP contribution in [0.1, 0.15) is 63.8 Å². The molecule has 2 N–H and O–H groups in total. The highest BCUT2D eigenvalue weighted by molar-refractivity contribution is 8.01. The number of nitrogens with zero attached hydrogens (tertiary/aromatic N) is 8. The van der Waals surface area contributed by atoms with E-state index in [0.29, 0.717) is 24.5 Å². The highest BCUT2D eigenvalue weighted by Crippen LogP contribution is 2.42. The molecule has 0 spiro atoms. The molecule has 0 atom stereocenters. The van der Waals surface area contributed by atoms with Gasteiger partial charge in [0.05, 0.1) is 24.2 Å². The van der Waals surface area contributed by atoms with E-state index in [-0.39, 0.29) is 34.8 Å². The Kier molecular flexibility index (Phi) is 17.6. The third-order valence-electron chi connectivity index (χ3n) is 10.7. The molecule has 0 saturated heterocycles. The molecule has 0 fully saturated rings. The molecule has 372 valence electrons. The van der Waals surface area contributed by atoms with Crippen molar-refractivity contribution in [2.24, 2.45) is 0 Å². The molecular formula is C56H62N10O4S2. The van der Waals surface area contributed by atoms with E-state index in [1.807, 2.05) is 123 Å². The van der Waals surface area contributed by atoms with Gasteiger partial charge in [-0.25, -0.2) is 0 Å². The minimum absolute atomic E-state index is 0.0143. The van der Waals surface area contributed by atoms with Crippen LogP contribution in [0.2, 0.25) is 0 Å². The summed E-state index contributed by atoms with van der Waals surface area (Å²) in [5.74, 6) is 1.03. The molecule has 2 heterocycles. The molecule has 0 aliphatic heterocycles. The standard InChI is InChI=1S/2C28H31N5O2S/c1-19-10-12-20(13-11-19)16-26(34)29-24-17-21(14-15-25(24)36-28(2,3)4)22-8-6-7-9-23(22)27-30-31-32-33(27)18-35-5;1-19-10-12-20(13-11-19)16-26(34)29-24-17-21(14-15-25(24)36-28(2,3)4)22-8-6-7-9-23(22)27-30-32-33(31-27)18-35-5/h2*6-15,17H,16,18H2,1-5H3,(H,29,34). The summed E-state index contributed by atoms with van der Waals surface area (Å²) in [5.41, 5.74) is 11.5. The van der Waals surface area contributed by atoms with Crippen LogP contribution in [0.25, 0.3) is 45.0 Å². The molecule has 0 bridgehead atoms. The van der Waals surface area contributed by atoms with E-state index in [2.05, 4.69) is 107 Å². The average Bonchev–Trinajstić information content (AvgIpc) is 4.01. The van der Waals surface area contributed by atoms with Gasteiger partial charge in [-0.1, -0.05) is 162 Å². The number of hydrogen-bond acceptors (Lipinski definition) is 12. The fourth-order valence-corrected chi connectivity index (χ4v) is 9.62. The highest BCUT2D eigenvalue weighted by atomic mass is 32.2. The number of methoxy groups -OCH3 is 2. The first-order valence-electron chi connectivity index (χ1n) is 23.5. The normalized spacial score (nSPS) is 11.5. The van der Waals surface area contributed by atoms with Crippen molar-refractivity contribution in [1.82, 2.24) is 40.4 Å². The number of ether oxygens (including phenoxy) is 2. The summed E-state index contributed by atoms with van der Waals surface area (Å²) in [4.78, 5) is 29.5. The van der Waals surface area contributed by atoms with E-state index in [9.17, 15) is 9.59 Å². The van der Waals surface area contributed by atoms with Gasteiger partial charge in [0.1, 0.15) is 6.73 Å². The third-order valence-corrected chi connectivity index (χ3v) is 13.1. The first-order valence-corrected chi connectivity index (χ1v) is 25.2. The first kappa shape index (κ1) is 52.8. The first-order chi connectivity index (χ1) is 34.4. The van der Waals surface area contributed by atoms with Gasteiger partial charge >= 0.3 is 0 Å². The van der Waals surface area contributed by atoms with Crippen LogP contribution in [0.4, 0.5) is 11.4 Å². The van der Waals surface area contributed by atoms with Crippen LogP contribution in [0, 0.1) is 13.8 Å². The van der Waals surface area contributed by atoms with Crippen molar-refractivity contribution in [3.8, 4) is 45.0 Å². The lowest BCUT2D eigenvalue weighted by Crippen LogP contribution is -2.16. The molecule has 8 aromatic rings. The van der Waals surface area contributed by atoms with Crippen LogP contribution in [0.5, 0.6) is 0 Å². The van der Waals surface area contributed by atoms with Crippen molar-refractivity contribution in [3.63, 3.8) is 0 Å². The molecular weight excluding hydrogens is 941 g/mol. The van der Waals surface area contributed by atoms with E-state index in [1.54, 1.807) is 42.4 Å². The largest absolute Gasteiger partial charge is 0.362 e. The molecule has 8 rings (SSSR count). The molecule has 0 aliphatic rings. The number of aryl methyl sites for hydroxylation is 2. The number of amides is 2. The molecule has 0 aliphatic carbocycles. The van der Waals surface area contributed by atoms with Gasteiger partial charge in [-0.05, 0) is 87.1 Å². The zero-order chi connectivity index (χ0) is 51.4. The number of tetrazole rings is 2. The lowest BCUT2D eigenvalue weighted by atomic mass is 9.98. The maximum absolute atomic E-state index is 13.0. The van der Waals surface area contributed by atoms with E-state index in [1.165, 1.54) is 15.9 Å². The van der Waals surface area contributed by atoms with Crippen LogP contribution in [-0.2, 0) is 45.4 Å². The van der Waals surface area contributed by atoms with Crippen LogP contribution in [0.15, 0.2) is 143 Å². The summed E-state index contributed by atoms with van der Waals surface area (Å²) in [6, 6.07) is 44.3. The molecule has 0 saturated carbocycles. The van der Waals surface area contributed by atoms with Crippen molar-refractivity contribution in [1.29, 1.82) is 0 Å². The molecule has 2 amide bonds. The Bertz CT molecular complexity index is 3100. The summed E-state index contributed by atoms with van der Waals surface area (Å²) in [7, 11) is 3.19. The zero-order valence-electron chi connectivity index (χ0n) is 42.6. The van der Waals surface area contributed by atoms with Crippen LogP contribution < -0.4 is 10.6 Å². The van der Waals surface area contributed by atoms with Gasteiger partial charge < -0.3 is 20.1 Å². The molecule has 0 unspecified atom stereocenters. The molecule has 16 heteroatoms. The van der Waals surface area contributed by atoms with Gasteiger partial charge in [-0.3, -0.25) is 9.59 Å². The minimum atomic E-state index is -0.0518. The van der Waals surface area contributed by atoms with Crippen molar-refractivity contribution < 1.29 is 19.1 Å². The van der Waals surface area contributed by atoms with Gasteiger partial charge in [-0.2, -0.15) is 4.68 Å². The number of hydrogen-bond donors (Lipinski definition) is 2. The fraction of sp³-hybridized carbons (Fsp3) is 0.286. The van der Waals surface area contributed by atoms with Crippen molar-refractivity contribution in [3.05, 3.63) is 156 Å². The molecule has 72 heavy (non-hydrogen) atoms. The summed E-state index contributed by atoms with van der Waals surface area (Å²) in [6.07, 6.45) is 0.625. The predicted molar refractivity (Wildman–Crippen MR) is 290 cm³/mol. The number of carbonyl (C=O) groups excluding carboxylic acids is 2. The molecule has 0 radical (unpaired) electrons. The number of anilines is 2. The quantitative estimate of drug-likeness (QED) is 0.0882. The van der Waals surface area contributed by atoms with Gasteiger partial charge in [0.25, 0.3) is 0 Å². The monoisotopic (exact) mass is 1000 g/mol. The number of nitrogens with one attached hydrogen (secondary N) is 2. The number of thioether (sulfide) groups is 2. The van der Waals surface area contributed by atoms with Crippen molar-refractivity contribution >= 4 is 46.7 Å². The number of carbonyl (C=O) groups is 2. The average molecular weight is 1000 g/mol. The zero-order valence-corrected chi connectivity index (χ0v) is 44.2. The van der Waals surface area contributed by atoms with E-state index < -0.39 is 0 Å². The lowest BCUT2D eigenvalue weighted by molar-refractivity contribution is -0.116. The van der Waals surface area contributed by atoms with Crippen LogP contribution >= 0.6 is 23.5 Å². The number of aromatic nitrogens is 8. The van der Waals surface area contributed by atoms with Gasteiger partial charge in [0.15, 0.2) is 12.6 Å². The Morgan fingerprint density at radius 1 is 0.556 bits per heavy atom. The summed E-state index contributed by atoms with van der Waals surface area (Å²) in [6.45, 7) is 17.5. The maximum atomic E-state index is 13.0. The summed E-state index contributed by atoms with van der Waals surface area (Å²) < 4.78 is 11.9. The molecule has 6 aromatic carbocycles. The maximum Gasteiger partial charge on any atom is 0.228 e. The van der Waals surface area contributed by atoms with Crippen molar-refractivity contribution in [2.75, 3.05) is 24.9 Å². The summed E-state index contributed by atoms with van der Waals surface area (Å²) in [5, 5.41) is 31.1. The second-order valence-corrected chi connectivity index (χ2v) is 22.9. The van der Waals surface area contributed by atoms with E-state index in [0.717, 1.165) is 65.7 Å². The Labute approximate surface area is 430 Å². The lowest BCUT2D eigenvalue weighted by Gasteiger charge is -2.21. The number of benzene rings is 6. The second kappa shape index (κ2) is 24.0. The summed E-state index contributed by atoms with van der Waals surface area (Å²) >= 11 is 3.45. The predicted octanol–water partition coefficient (Wildman–Crippen LogP) is 12.0. The molecule has 2 aromatic heterocycles. The Morgan fingerprint density at radius 3 is 1.49 bits per heavy atom. The van der Waals surface area contributed by atoms with E-state index in [4.69, 9.17) is 9.47 Å². The van der Waals surface area contributed by atoms with E-state index >= 15 is 0 Å². The number of rotatable bonds is 16. The van der Waals surface area contributed by atoms with Gasteiger partial charge in [0, 0.05) is 44.6 Å². The highest BCUT2D eigenvalue weighted by Gasteiger charge is 2.22. The Hall–Kier alpha value is -6.98. The van der Waals surface area contributed by atoms with Gasteiger partial charge in [-0.15, -0.1) is 43.6 Å². The minimum Gasteiger partial charge on any atom is -0.362 e. The SMILES string of the molecule is COCn1nnc(-c2ccccc2-c2ccc(SC(C)(C)C)c(NC(=O)Cc3ccc(C)cc3)c2)n1.COCn1nnnc1-c1ccccc1-c1ccc(SC(C)(C)C)c(NC(=O)Cc2ccc(C)cc2)c1. The third kappa shape index (κ3) is 14.8. The topological polar surface area (TPSA) is 164 Å².